The van der Waals surface area contributed by atoms with Crippen LogP contribution in [0.25, 0.3) is 0 Å². The van der Waals surface area contributed by atoms with E-state index in [0.717, 1.165) is 11.8 Å². The lowest BCUT2D eigenvalue weighted by Crippen LogP contribution is -2.47. The number of anilines is 2. The van der Waals surface area contributed by atoms with Crippen LogP contribution in [0.4, 0.5) is 15.8 Å². The van der Waals surface area contributed by atoms with Gasteiger partial charge in [0.1, 0.15) is 11.2 Å². The summed E-state index contributed by atoms with van der Waals surface area (Å²) in [6.07, 6.45) is 1.19. The minimum Gasteiger partial charge on any atom is -0.397 e. The van der Waals surface area contributed by atoms with E-state index in [-0.39, 0.29) is 10.7 Å². The lowest BCUT2D eigenvalue weighted by Gasteiger charge is -2.36. The molecule has 1 heterocycles. The minimum absolute atomic E-state index is 0.0605. The molecular formula is C11H14ClFN2O2S2. The van der Waals surface area contributed by atoms with Gasteiger partial charge in [-0.2, -0.15) is 11.8 Å². The van der Waals surface area contributed by atoms with Gasteiger partial charge in [-0.15, -0.1) is 0 Å². The number of hydrogen-bond donors (Lipinski definition) is 1. The van der Waals surface area contributed by atoms with Crippen molar-refractivity contribution in [2.45, 2.75) is 5.37 Å². The standard InChI is InChI=1S/C11H14ClFN2O2S2/c1-19(16,17)11-6-18-3-2-15(11)10-4-7(12)8(13)5-9(10)14/h4-5,11H,2-3,6,14H2,1H3. The lowest BCUT2D eigenvalue weighted by atomic mass is 10.2. The van der Waals surface area contributed by atoms with Crippen LogP contribution >= 0.6 is 23.4 Å². The summed E-state index contributed by atoms with van der Waals surface area (Å²) in [7, 11) is -3.25. The highest BCUT2D eigenvalue weighted by Gasteiger charge is 2.32. The molecule has 0 aromatic heterocycles. The highest BCUT2D eigenvalue weighted by molar-refractivity contribution is 8.01. The van der Waals surface area contributed by atoms with Gasteiger partial charge in [0.15, 0.2) is 9.84 Å². The summed E-state index contributed by atoms with van der Waals surface area (Å²) in [5.41, 5.74) is 6.46. The van der Waals surface area contributed by atoms with Crippen molar-refractivity contribution in [1.82, 2.24) is 0 Å². The van der Waals surface area contributed by atoms with Crippen molar-refractivity contribution in [2.24, 2.45) is 0 Å². The van der Waals surface area contributed by atoms with E-state index in [1.54, 1.807) is 16.7 Å². The van der Waals surface area contributed by atoms with Crippen LogP contribution in [-0.4, -0.2) is 38.1 Å². The number of nitrogens with zero attached hydrogens (tertiary/aromatic N) is 1. The second-order valence-electron chi connectivity index (χ2n) is 4.38. The van der Waals surface area contributed by atoms with E-state index in [1.807, 2.05) is 0 Å². The fourth-order valence-electron chi connectivity index (χ4n) is 2.01. The maximum Gasteiger partial charge on any atom is 0.169 e. The molecule has 1 aromatic rings. The Morgan fingerprint density at radius 1 is 1.53 bits per heavy atom. The topological polar surface area (TPSA) is 63.4 Å². The van der Waals surface area contributed by atoms with Crippen LogP contribution < -0.4 is 10.6 Å². The first-order chi connectivity index (χ1) is 8.80. The average molecular weight is 325 g/mol. The van der Waals surface area contributed by atoms with Crippen LogP contribution in [0.3, 0.4) is 0 Å². The van der Waals surface area contributed by atoms with Crippen molar-refractivity contribution in [3.63, 3.8) is 0 Å². The molecular weight excluding hydrogens is 311 g/mol. The fraction of sp³-hybridized carbons (Fsp3) is 0.455. The smallest absolute Gasteiger partial charge is 0.169 e. The molecule has 0 saturated carbocycles. The number of thioether (sulfide) groups is 1. The number of nitrogens with two attached hydrogens (primary N) is 1. The summed E-state index contributed by atoms with van der Waals surface area (Å²) in [4.78, 5) is 1.69. The van der Waals surface area contributed by atoms with E-state index < -0.39 is 21.0 Å². The van der Waals surface area contributed by atoms with Crippen molar-refractivity contribution < 1.29 is 12.8 Å². The average Bonchev–Trinajstić information content (AvgIpc) is 2.33. The SMILES string of the molecule is CS(=O)(=O)C1CSCCN1c1cc(Cl)c(F)cc1N. The zero-order valence-corrected chi connectivity index (χ0v) is 12.7. The van der Waals surface area contributed by atoms with Crippen molar-refractivity contribution in [1.29, 1.82) is 0 Å². The number of benzene rings is 1. The third-order valence-electron chi connectivity index (χ3n) is 2.96. The molecule has 2 rings (SSSR count). The van der Waals surface area contributed by atoms with Crippen LogP contribution in [0, 0.1) is 5.82 Å². The molecule has 0 amide bonds. The van der Waals surface area contributed by atoms with E-state index in [9.17, 15) is 12.8 Å². The number of hydrogen-bond acceptors (Lipinski definition) is 5. The van der Waals surface area contributed by atoms with Crippen LogP contribution in [0.2, 0.25) is 5.02 Å². The van der Waals surface area contributed by atoms with Crippen LogP contribution in [0.5, 0.6) is 0 Å². The Balaban J connectivity index is 2.46. The van der Waals surface area contributed by atoms with Gasteiger partial charge in [0.2, 0.25) is 0 Å². The summed E-state index contributed by atoms with van der Waals surface area (Å²) >= 11 is 7.33. The Morgan fingerprint density at radius 3 is 2.84 bits per heavy atom. The Labute approximate surface area is 121 Å². The van der Waals surface area contributed by atoms with Gasteiger partial charge in [0.05, 0.1) is 16.4 Å². The number of sulfone groups is 1. The molecule has 0 bridgehead atoms. The van der Waals surface area contributed by atoms with Crippen molar-refractivity contribution in [2.75, 3.05) is 34.9 Å². The quantitative estimate of drug-likeness (QED) is 0.843. The Morgan fingerprint density at radius 2 is 2.21 bits per heavy atom. The molecule has 1 aliphatic rings. The predicted octanol–water partition coefficient (Wildman–Crippen LogP) is 1.99. The number of rotatable bonds is 2. The van der Waals surface area contributed by atoms with Gasteiger partial charge < -0.3 is 10.6 Å². The Kier molecular flexibility index (Phi) is 4.17. The molecule has 1 fully saturated rings. The van der Waals surface area contributed by atoms with Gasteiger partial charge in [-0.1, -0.05) is 11.6 Å². The highest BCUT2D eigenvalue weighted by atomic mass is 35.5. The van der Waals surface area contributed by atoms with E-state index in [2.05, 4.69) is 0 Å². The molecule has 4 nitrogen and oxygen atoms in total. The largest absolute Gasteiger partial charge is 0.397 e. The van der Waals surface area contributed by atoms with Crippen LogP contribution in [-0.2, 0) is 9.84 Å². The predicted molar refractivity (Wildman–Crippen MR) is 79.1 cm³/mol. The van der Waals surface area contributed by atoms with Crippen LogP contribution in [0.1, 0.15) is 0 Å². The summed E-state index contributed by atoms with van der Waals surface area (Å²) in [5.74, 6) is 0.651. The zero-order chi connectivity index (χ0) is 14.2. The minimum atomic E-state index is -3.25. The van der Waals surface area contributed by atoms with E-state index in [4.69, 9.17) is 17.3 Å². The molecule has 1 aliphatic heterocycles. The molecule has 2 N–H and O–H groups in total. The second kappa shape index (κ2) is 5.38. The molecule has 1 atom stereocenters. The van der Waals surface area contributed by atoms with E-state index in [0.29, 0.717) is 18.0 Å². The Hall–Kier alpha value is -0.660. The Bertz CT molecular complexity index is 595. The first kappa shape index (κ1) is 14.7. The first-order valence-electron chi connectivity index (χ1n) is 5.58. The maximum atomic E-state index is 13.3. The van der Waals surface area contributed by atoms with Gasteiger partial charge >= 0.3 is 0 Å². The third kappa shape index (κ3) is 3.09. The lowest BCUT2D eigenvalue weighted by molar-refractivity contribution is 0.584. The normalized spacial score (nSPS) is 20.6. The zero-order valence-electron chi connectivity index (χ0n) is 10.3. The van der Waals surface area contributed by atoms with Gasteiger partial charge in [-0.3, -0.25) is 0 Å². The molecule has 0 aliphatic carbocycles. The van der Waals surface area contributed by atoms with Gasteiger partial charge in [-0.05, 0) is 6.07 Å². The van der Waals surface area contributed by atoms with E-state index >= 15 is 0 Å². The number of halogens is 2. The highest BCUT2D eigenvalue weighted by Crippen LogP contribution is 2.34. The van der Waals surface area contributed by atoms with Crippen LogP contribution in [0.15, 0.2) is 12.1 Å². The molecule has 106 valence electrons. The van der Waals surface area contributed by atoms with Crippen molar-refractivity contribution >= 4 is 44.6 Å². The fourth-order valence-corrected chi connectivity index (χ4v) is 5.00. The van der Waals surface area contributed by atoms with Crippen molar-refractivity contribution in [3.05, 3.63) is 23.0 Å². The monoisotopic (exact) mass is 324 g/mol. The summed E-state index contributed by atoms with van der Waals surface area (Å²) in [5, 5.41) is -0.718. The van der Waals surface area contributed by atoms with Gasteiger partial charge in [0.25, 0.3) is 0 Å². The third-order valence-corrected chi connectivity index (χ3v) is 5.89. The maximum absolute atomic E-state index is 13.3. The molecule has 1 saturated heterocycles. The molecule has 1 aromatic carbocycles. The summed E-state index contributed by atoms with van der Waals surface area (Å²) in [6.45, 7) is 0.536. The van der Waals surface area contributed by atoms with Crippen molar-refractivity contribution in [3.8, 4) is 0 Å². The summed E-state index contributed by atoms with van der Waals surface area (Å²) < 4.78 is 37.0. The number of nitrogen functional groups attached to an aromatic ring is 1. The molecule has 1 unspecified atom stereocenters. The van der Waals surface area contributed by atoms with E-state index in [1.165, 1.54) is 12.3 Å². The summed E-state index contributed by atoms with van der Waals surface area (Å²) in [6, 6.07) is 2.51. The van der Waals surface area contributed by atoms with Gasteiger partial charge in [0, 0.05) is 30.4 Å². The molecule has 8 heteroatoms. The molecule has 0 spiro atoms. The second-order valence-corrected chi connectivity index (χ2v) is 8.14. The molecule has 0 radical (unpaired) electrons. The first-order valence-corrected chi connectivity index (χ1v) is 9.07. The van der Waals surface area contributed by atoms with Gasteiger partial charge in [-0.25, -0.2) is 12.8 Å². The molecule has 19 heavy (non-hydrogen) atoms.